The third-order valence-electron chi connectivity index (χ3n) is 5.54. The second kappa shape index (κ2) is 7.65. The van der Waals surface area contributed by atoms with Crippen molar-refractivity contribution < 1.29 is 9.53 Å². The van der Waals surface area contributed by atoms with Crippen LogP contribution in [-0.2, 0) is 16.0 Å². The number of amides is 1. The fraction of sp³-hybridized carbons (Fsp3) is 0.714. The Bertz CT molecular complexity index is 599. The van der Waals surface area contributed by atoms with Gasteiger partial charge in [0.1, 0.15) is 0 Å². The van der Waals surface area contributed by atoms with E-state index in [0.29, 0.717) is 31.5 Å². The van der Waals surface area contributed by atoms with Gasteiger partial charge >= 0.3 is 0 Å². The average Bonchev–Trinajstić information content (AvgIpc) is 2.91. The van der Waals surface area contributed by atoms with Crippen LogP contribution in [0.3, 0.4) is 0 Å². The fourth-order valence-electron chi connectivity index (χ4n) is 4.99. The Labute approximate surface area is 157 Å². The van der Waals surface area contributed by atoms with E-state index in [2.05, 4.69) is 43.3 Å². The highest BCUT2D eigenvalue weighted by atomic mass is 16.5. The summed E-state index contributed by atoms with van der Waals surface area (Å²) in [5, 5.41) is 6.94. The van der Waals surface area contributed by atoms with Gasteiger partial charge in [0, 0.05) is 35.8 Å². The van der Waals surface area contributed by atoms with Crippen LogP contribution in [0.15, 0.2) is 24.5 Å². The minimum absolute atomic E-state index is 0.0764. The standard InChI is InChI=1S/C21H33N3O2/c1-20(2)11-16(12-21(3,4)24-20)10-19(25)23-18-14-26-13-17(18)9-15-5-7-22-8-6-15/h5-8,16-18,24H,9-14H2,1-4H3,(H,23,25)/t17-,18-/m1/s1. The molecule has 26 heavy (non-hydrogen) atoms. The summed E-state index contributed by atoms with van der Waals surface area (Å²) in [5.74, 6) is 0.920. The van der Waals surface area contributed by atoms with Crippen LogP contribution in [-0.4, -0.2) is 41.2 Å². The molecule has 3 heterocycles. The summed E-state index contributed by atoms with van der Waals surface area (Å²) in [6.07, 6.45) is 7.23. The SMILES string of the molecule is CC1(C)CC(CC(=O)N[C@@H]2COC[C@H]2Cc2ccncc2)CC(C)(C)N1. The summed E-state index contributed by atoms with van der Waals surface area (Å²) < 4.78 is 5.66. The molecule has 2 aliphatic rings. The fourth-order valence-corrected chi connectivity index (χ4v) is 4.99. The first-order valence-corrected chi connectivity index (χ1v) is 9.78. The van der Waals surface area contributed by atoms with E-state index in [4.69, 9.17) is 4.74 Å². The van der Waals surface area contributed by atoms with Crippen molar-refractivity contribution in [3.63, 3.8) is 0 Å². The number of piperidine rings is 1. The lowest BCUT2D eigenvalue weighted by molar-refractivity contribution is -0.123. The molecule has 0 aliphatic carbocycles. The van der Waals surface area contributed by atoms with E-state index in [9.17, 15) is 4.79 Å². The lowest BCUT2D eigenvalue weighted by Gasteiger charge is -2.46. The van der Waals surface area contributed by atoms with E-state index in [0.717, 1.165) is 19.3 Å². The van der Waals surface area contributed by atoms with Crippen LogP contribution in [0.1, 0.15) is 52.5 Å². The predicted octanol–water partition coefficient (Wildman–Crippen LogP) is 2.70. The van der Waals surface area contributed by atoms with Crippen LogP contribution in [0.25, 0.3) is 0 Å². The molecule has 0 radical (unpaired) electrons. The molecule has 2 N–H and O–H groups in total. The summed E-state index contributed by atoms with van der Waals surface area (Å²) in [6.45, 7) is 10.2. The highest BCUT2D eigenvalue weighted by Gasteiger charge is 2.38. The highest BCUT2D eigenvalue weighted by Crippen LogP contribution is 2.34. The maximum absolute atomic E-state index is 12.7. The Morgan fingerprint density at radius 3 is 2.50 bits per heavy atom. The summed E-state index contributed by atoms with van der Waals surface area (Å²) in [6, 6.07) is 4.19. The molecule has 0 bridgehead atoms. The summed E-state index contributed by atoms with van der Waals surface area (Å²) in [7, 11) is 0. The molecule has 2 aliphatic heterocycles. The van der Waals surface area contributed by atoms with E-state index in [1.807, 2.05) is 24.5 Å². The first-order chi connectivity index (χ1) is 12.2. The van der Waals surface area contributed by atoms with Gasteiger partial charge in [0.05, 0.1) is 19.3 Å². The molecule has 1 aromatic rings. The quantitative estimate of drug-likeness (QED) is 0.848. The van der Waals surface area contributed by atoms with Crippen LogP contribution in [0.4, 0.5) is 0 Å². The van der Waals surface area contributed by atoms with Gasteiger partial charge in [-0.1, -0.05) is 0 Å². The van der Waals surface area contributed by atoms with Crippen molar-refractivity contribution in [2.75, 3.05) is 13.2 Å². The topological polar surface area (TPSA) is 63.2 Å². The zero-order valence-electron chi connectivity index (χ0n) is 16.5. The maximum Gasteiger partial charge on any atom is 0.220 e. The number of hydrogen-bond acceptors (Lipinski definition) is 4. The number of aromatic nitrogens is 1. The zero-order chi connectivity index (χ0) is 18.8. The molecule has 0 unspecified atom stereocenters. The number of nitrogens with zero attached hydrogens (tertiary/aromatic N) is 1. The molecule has 0 spiro atoms. The Balaban J connectivity index is 1.54. The lowest BCUT2D eigenvalue weighted by Crippen LogP contribution is -2.58. The Kier molecular flexibility index (Phi) is 5.68. The lowest BCUT2D eigenvalue weighted by atomic mass is 9.74. The van der Waals surface area contributed by atoms with Crippen LogP contribution >= 0.6 is 0 Å². The minimum Gasteiger partial charge on any atom is -0.379 e. The molecule has 1 aromatic heterocycles. The van der Waals surface area contributed by atoms with Gasteiger partial charge in [-0.15, -0.1) is 0 Å². The van der Waals surface area contributed by atoms with E-state index < -0.39 is 0 Å². The molecule has 2 fully saturated rings. The third-order valence-corrected chi connectivity index (χ3v) is 5.54. The number of carbonyl (C=O) groups excluding carboxylic acids is 1. The molecule has 3 rings (SSSR count). The van der Waals surface area contributed by atoms with E-state index in [1.165, 1.54) is 5.56 Å². The van der Waals surface area contributed by atoms with Crippen molar-refractivity contribution in [2.45, 2.75) is 70.5 Å². The Hall–Kier alpha value is -1.46. The van der Waals surface area contributed by atoms with Crippen molar-refractivity contribution >= 4 is 5.91 Å². The molecular weight excluding hydrogens is 326 g/mol. The van der Waals surface area contributed by atoms with Crippen LogP contribution < -0.4 is 10.6 Å². The molecule has 144 valence electrons. The summed E-state index contributed by atoms with van der Waals surface area (Å²) >= 11 is 0. The molecular formula is C21H33N3O2. The number of ether oxygens (including phenoxy) is 1. The number of pyridine rings is 1. The van der Waals surface area contributed by atoms with Crippen LogP contribution in [0.2, 0.25) is 0 Å². The van der Waals surface area contributed by atoms with E-state index in [-0.39, 0.29) is 23.0 Å². The van der Waals surface area contributed by atoms with Gasteiger partial charge in [-0.05, 0) is 70.6 Å². The molecule has 5 heteroatoms. The van der Waals surface area contributed by atoms with Crippen LogP contribution in [0, 0.1) is 11.8 Å². The zero-order valence-corrected chi connectivity index (χ0v) is 16.5. The number of nitrogens with one attached hydrogen (secondary N) is 2. The largest absolute Gasteiger partial charge is 0.379 e. The summed E-state index contributed by atoms with van der Waals surface area (Å²) in [4.78, 5) is 16.8. The second-order valence-corrected chi connectivity index (χ2v) is 9.40. The number of carbonyl (C=O) groups is 1. The first kappa shape index (κ1) is 19.3. The second-order valence-electron chi connectivity index (χ2n) is 9.40. The van der Waals surface area contributed by atoms with Gasteiger partial charge in [0.25, 0.3) is 0 Å². The van der Waals surface area contributed by atoms with Crippen molar-refractivity contribution in [3.05, 3.63) is 30.1 Å². The molecule has 0 saturated carbocycles. The van der Waals surface area contributed by atoms with Gasteiger partial charge in [-0.25, -0.2) is 0 Å². The number of hydrogen-bond donors (Lipinski definition) is 2. The molecule has 0 aromatic carbocycles. The van der Waals surface area contributed by atoms with E-state index in [1.54, 1.807) is 0 Å². The Morgan fingerprint density at radius 2 is 1.85 bits per heavy atom. The van der Waals surface area contributed by atoms with E-state index >= 15 is 0 Å². The maximum atomic E-state index is 12.7. The first-order valence-electron chi connectivity index (χ1n) is 9.78. The average molecular weight is 360 g/mol. The predicted molar refractivity (Wildman–Crippen MR) is 103 cm³/mol. The van der Waals surface area contributed by atoms with Crippen molar-refractivity contribution in [3.8, 4) is 0 Å². The minimum atomic E-state index is 0.0764. The molecule has 5 nitrogen and oxygen atoms in total. The molecule has 2 atom stereocenters. The van der Waals surface area contributed by atoms with Crippen molar-refractivity contribution in [2.24, 2.45) is 11.8 Å². The normalized spacial score (nSPS) is 28.0. The van der Waals surface area contributed by atoms with Gasteiger partial charge < -0.3 is 15.4 Å². The highest BCUT2D eigenvalue weighted by molar-refractivity contribution is 5.76. The van der Waals surface area contributed by atoms with Gasteiger partial charge in [0.2, 0.25) is 5.91 Å². The molecule has 1 amide bonds. The monoisotopic (exact) mass is 359 g/mol. The van der Waals surface area contributed by atoms with Gasteiger partial charge in [-0.2, -0.15) is 0 Å². The Morgan fingerprint density at radius 1 is 1.19 bits per heavy atom. The van der Waals surface area contributed by atoms with Crippen molar-refractivity contribution in [1.82, 2.24) is 15.6 Å². The van der Waals surface area contributed by atoms with Gasteiger partial charge in [-0.3, -0.25) is 9.78 Å². The smallest absolute Gasteiger partial charge is 0.220 e. The van der Waals surface area contributed by atoms with Gasteiger partial charge in [0.15, 0.2) is 0 Å². The van der Waals surface area contributed by atoms with Crippen molar-refractivity contribution in [1.29, 1.82) is 0 Å². The summed E-state index contributed by atoms with van der Waals surface area (Å²) in [5.41, 5.74) is 1.40. The van der Waals surface area contributed by atoms with Crippen LogP contribution in [0.5, 0.6) is 0 Å². The third kappa shape index (κ3) is 5.27. The number of rotatable bonds is 5. The molecule has 2 saturated heterocycles.